The summed E-state index contributed by atoms with van der Waals surface area (Å²) >= 11 is 6.37. The van der Waals surface area contributed by atoms with Crippen LogP contribution in [0.5, 0.6) is 5.75 Å². The summed E-state index contributed by atoms with van der Waals surface area (Å²) in [5.74, 6) is 1.87. The number of aryl methyl sites for hydroxylation is 1. The van der Waals surface area contributed by atoms with Crippen LogP contribution in [0.25, 0.3) is 11.0 Å². The summed E-state index contributed by atoms with van der Waals surface area (Å²) in [6, 6.07) is 23.6. The van der Waals surface area contributed by atoms with Gasteiger partial charge in [-0.1, -0.05) is 54.1 Å². The molecule has 6 heteroatoms. The number of imidazole rings is 1. The molecular weight excluding hydrogens is 422 g/mol. The number of hydrogen-bond acceptors (Lipinski definition) is 3. The lowest BCUT2D eigenvalue weighted by Crippen LogP contribution is -2.25. The molecule has 1 aliphatic rings. The van der Waals surface area contributed by atoms with Crippen LogP contribution in [0.4, 0.5) is 5.69 Å². The molecule has 5 nitrogen and oxygen atoms in total. The van der Waals surface area contributed by atoms with Crippen molar-refractivity contribution < 1.29 is 9.53 Å². The summed E-state index contributed by atoms with van der Waals surface area (Å²) in [6.45, 7) is 3.78. The molecule has 4 aromatic rings. The van der Waals surface area contributed by atoms with Gasteiger partial charge < -0.3 is 14.2 Å². The lowest BCUT2D eigenvalue weighted by Gasteiger charge is -2.18. The number of benzene rings is 3. The maximum Gasteiger partial charge on any atom is 0.227 e. The third-order valence-corrected chi connectivity index (χ3v) is 6.30. The van der Waals surface area contributed by atoms with Gasteiger partial charge in [0.2, 0.25) is 5.91 Å². The van der Waals surface area contributed by atoms with Gasteiger partial charge >= 0.3 is 0 Å². The highest BCUT2D eigenvalue weighted by Gasteiger charge is 2.35. The average Bonchev–Trinajstić information content (AvgIpc) is 3.36. The zero-order chi connectivity index (χ0) is 22.1. The number of amides is 1. The SMILES string of the molecule is Cc1ccccc1OCCn1c([C@@H]2CC(=O)N(c3ccccc3Cl)C2)nc2ccccc21. The van der Waals surface area contributed by atoms with Crippen molar-refractivity contribution >= 4 is 34.2 Å². The van der Waals surface area contributed by atoms with Crippen LogP contribution >= 0.6 is 11.6 Å². The first kappa shape index (κ1) is 20.6. The minimum absolute atomic E-state index is 0.00960. The third kappa shape index (κ3) is 3.84. The number of anilines is 1. The highest BCUT2D eigenvalue weighted by Crippen LogP contribution is 2.36. The monoisotopic (exact) mass is 445 g/mol. The van der Waals surface area contributed by atoms with E-state index in [1.165, 1.54) is 0 Å². The van der Waals surface area contributed by atoms with Crippen molar-refractivity contribution in [2.24, 2.45) is 0 Å². The number of para-hydroxylation sites is 4. The summed E-state index contributed by atoms with van der Waals surface area (Å²) in [7, 11) is 0. The molecule has 0 unspecified atom stereocenters. The topological polar surface area (TPSA) is 47.4 Å². The Hall–Kier alpha value is -3.31. The summed E-state index contributed by atoms with van der Waals surface area (Å²) in [4.78, 5) is 19.6. The fraction of sp³-hybridized carbons (Fsp3) is 0.231. The first-order valence-corrected chi connectivity index (χ1v) is 11.2. The Morgan fingerprint density at radius 2 is 1.78 bits per heavy atom. The second kappa shape index (κ2) is 8.67. The van der Waals surface area contributed by atoms with Gasteiger partial charge in [0.05, 0.1) is 28.3 Å². The predicted molar refractivity (Wildman–Crippen MR) is 128 cm³/mol. The molecule has 0 N–H and O–H groups in total. The van der Waals surface area contributed by atoms with E-state index in [4.69, 9.17) is 21.3 Å². The van der Waals surface area contributed by atoms with Gasteiger partial charge in [-0.15, -0.1) is 0 Å². The molecule has 0 radical (unpaired) electrons. The van der Waals surface area contributed by atoms with Gasteiger partial charge in [0.25, 0.3) is 0 Å². The normalized spacial score (nSPS) is 16.1. The number of halogens is 1. The van der Waals surface area contributed by atoms with Crippen molar-refractivity contribution in [1.82, 2.24) is 9.55 Å². The number of fused-ring (bicyclic) bond motifs is 1. The molecule has 1 fully saturated rings. The Kier molecular flexibility index (Phi) is 5.58. The van der Waals surface area contributed by atoms with E-state index >= 15 is 0 Å². The molecule has 1 saturated heterocycles. The summed E-state index contributed by atoms with van der Waals surface area (Å²) < 4.78 is 8.26. The van der Waals surface area contributed by atoms with Crippen LogP contribution in [-0.2, 0) is 11.3 Å². The van der Waals surface area contributed by atoms with E-state index in [9.17, 15) is 4.79 Å². The van der Waals surface area contributed by atoms with Crippen LogP contribution in [0, 0.1) is 6.92 Å². The third-order valence-electron chi connectivity index (χ3n) is 5.98. The Morgan fingerprint density at radius 1 is 1.03 bits per heavy atom. The van der Waals surface area contributed by atoms with Gasteiger partial charge in [0.15, 0.2) is 0 Å². The molecule has 5 rings (SSSR count). The first-order valence-electron chi connectivity index (χ1n) is 10.8. The molecule has 1 aliphatic heterocycles. The molecule has 2 heterocycles. The van der Waals surface area contributed by atoms with Gasteiger partial charge in [0, 0.05) is 18.9 Å². The first-order chi connectivity index (χ1) is 15.6. The molecule has 162 valence electrons. The van der Waals surface area contributed by atoms with Gasteiger partial charge in [-0.3, -0.25) is 4.79 Å². The van der Waals surface area contributed by atoms with Crippen LogP contribution < -0.4 is 9.64 Å². The standard InChI is InChI=1S/C26H24ClN3O2/c1-18-8-2-7-13-24(18)32-15-14-29-23-12-6-4-10-21(23)28-26(29)19-16-25(31)30(17-19)22-11-5-3-9-20(22)27/h2-13,19H,14-17H2,1H3/t19-/m1/s1. The van der Waals surface area contributed by atoms with E-state index in [0.29, 0.717) is 31.1 Å². The Balaban J connectivity index is 1.42. The minimum Gasteiger partial charge on any atom is -0.491 e. The predicted octanol–water partition coefficient (Wildman–Crippen LogP) is 5.60. The van der Waals surface area contributed by atoms with Gasteiger partial charge in [0.1, 0.15) is 18.2 Å². The van der Waals surface area contributed by atoms with Crippen molar-refractivity contribution in [3.8, 4) is 5.75 Å². The molecular formula is C26H24ClN3O2. The zero-order valence-electron chi connectivity index (χ0n) is 17.9. The van der Waals surface area contributed by atoms with Crippen LogP contribution in [0.1, 0.15) is 23.7 Å². The van der Waals surface area contributed by atoms with Crippen molar-refractivity contribution in [2.45, 2.75) is 25.8 Å². The average molecular weight is 446 g/mol. The van der Waals surface area contributed by atoms with Crippen molar-refractivity contribution in [3.63, 3.8) is 0 Å². The number of carbonyl (C=O) groups is 1. The number of carbonyl (C=O) groups excluding carboxylic acids is 1. The van der Waals surface area contributed by atoms with E-state index in [-0.39, 0.29) is 11.8 Å². The molecule has 0 saturated carbocycles. The number of rotatable bonds is 6. The van der Waals surface area contributed by atoms with Crippen molar-refractivity contribution in [1.29, 1.82) is 0 Å². The molecule has 1 atom stereocenters. The van der Waals surface area contributed by atoms with E-state index in [0.717, 1.165) is 33.9 Å². The fourth-order valence-corrected chi connectivity index (χ4v) is 4.63. The highest BCUT2D eigenvalue weighted by atomic mass is 35.5. The molecule has 0 bridgehead atoms. The summed E-state index contributed by atoms with van der Waals surface area (Å²) in [5.41, 5.74) is 3.86. The Bertz CT molecular complexity index is 1280. The zero-order valence-corrected chi connectivity index (χ0v) is 18.6. The van der Waals surface area contributed by atoms with Crippen LogP contribution in [0.15, 0.2) is 72.8 Å². The second-order valence-electron chi connectivity index (χ2n) is 8.08. The minimum atomic E-state index is -0.00960. The van der Waals surface area contributed by atoms with Crippen LogP contribution in [-0.4, -0.2) is 28.6 Å². The maximum atomic E-state index is 12.9. The highest BCUT2D eigenvalue weighted by molar-refractivity contribution is 6.33. The number of aromatic nitrogens is 2. The van der Waals surface area contributed by atoms with E-state index in [1.54, 1.807) is 4.90 Å². The Morgan fingerprint density at radius 3 is 2.62 bits per heavy atom. The lowest BCUT2D eigenvalue weighted by atomic mass is 10.1. The Labute approximate surface area is 192 Å². The molecule has 32 heavy (non-hydrogen) atoms. The van der Waals surface area contributed by atoms with Gasteiger partial charge in [-0.05, 0) is 42.8 Å². The maximum absolute atomic E-state index is 12.9. The summed E-state index contributed by atoms with van der Waals surface area (Å²) in [5, 5.41) is 0.585. The summed E-state index contributed by atoms with van der Waals surface area (Å²) in [6.07, 6.45) is 0.410. The van der Waals surface area contributed by atoms with E-state index in [2.05, 4.69) is 10.6 Å². The molecule has 3 aromatic carbocycles. The van der Waals surface area contributed by atoms with Crippen LogP contribution in [0.3, 0.4) is 0 Å². The lowest BCUT2D eigenvalue weighted by molar-refractivity contribution is -0.117. The van der Waals surface area contributed by atoms with E-state index in [1.807, 2.05) is 73.7 Å². The smallest absolute Gasteiger partial charge is 0.227 e. The van der Waals surface area contributed by atoms with Gasteiger partial charge in [-0.25, -0.2) is 4.98 Å². The van der Waals surface area contributed by atoms with Gasteiger partial charge in [-0.2, -0.15) is 0 Å². The van der Waals surface area contributed by atoms with E-state index < -0.39 is 0 Å². The molecule has 1 amide bonds. The number of ether oxygens (including phenoxy) is 1. The van der Waals surface area contributed by atoms with Crippen molar-refractivity contribution in [3.05, 3.63) is 89.2 Å². The quantitative estimate of drug-likeness (QED) is 0.388. The number of hydrogen-bond donors (Lipinski definition) is 0. The fourth-order valence-electron chi connectivity index (χ4n) is 4.39. The number of nitrogens with zero attached hydrogens (tertiary/aromatic N) is 3. The molecule has 0 spiro atoms. The largest absolute Gasteiger partial charge is 0.491 e. The second-order valence-corrected chi connectivity index (χ2v) is 8.49. The molecule has 1 aromatic heterocycles. The van der Waals surface area contributed by atoms with Crippen LogP contribution in [0.2, 0.25) is 5.02 Å². The van der Waals surface area contributed by atoms with Crippen molar-refractivity contribution in [2.75, 3.05) is 18.1 Å². The molecule has 0 aliphatic carbocycles.